The lowest BCUT2D eigenvalue weighted by molar-refractivity contribution is 0.0696. The molecule has 1 atom stereocenters. The highest BCUT2D eigenvalue weighted by Crippen LogP contribution is 2.01. The van der Waals surface area contributed by atoms with E-state index in [4.69, 9.17) is 11.5 Å². The molecule has 1 aromatic heterocycles. The van der Waals surface area contributed by atoms with Crippen LogP contribution in [0.3, 0.4) is 0 Å². The second kappa shape index (κ2) is 5.13. The average molecular weight is 204 g/mol. The molecule has 0 saturated carbocycles. The molecular formula is C11H12N2O2. The minimum atomic E-state index is -0.955. The fourth-order valence-electron chi connectivity index (χ4n) is 1.02. The van der Waals surface area contributed by atoms with Crippen molar-refractivity contribution in [1.82, 2.24) is 10.3 Å². The second-order valence-electron chi connectivity index (χ2n) is 3.11. The Bertz CT molecular complexity index is 396. The fraction of sp³-hybridized carbons (Fsp3) is 0.273. The van der Waals surface area contributed by atoms with Crippen LogP contribution in [0.5, 0.6) is 0 Å². The first-order chi connectivity index (χ1) is 7.13. The van der Waals surface area contributed by atoms with Gasteiger partial charge in [0.2, 0.25) is 0 Å². The molecule has 1 heterocycles. The Balaban J connectivity index is 2.67. The van der Waals surface area contributed by atoms with Gasteiger partial charge in [0, 0.05) is 12.7 Å². The Labute approximate surface area is 88.3 Å². The predicted octanol–water partition coefficient (Wildman–Crippen LogP) is 0.891. The van der Waals surface area contributed by atoms with Crippen molar-refractivity contribution in [3.8, 4) is 12.3 Å². The van der Waals surface area contributed by atoms with Gasteiger partial charge in [0.05, 0.1) is 17.3 Å². The lowest BCUT2D eigenvalue weighted by Crippen LogP contribution is -2.24. The highest BCUT2D eigenvalue weighted by Gasteiger charge is 2.04. The number of carboxylic acid groups (broad SMARTS) is 1. The number of terminal acetylenes is 1. The summed E-state index contributed by atoms with van der Waals surface area (Å²) in [6.07, 6.45) is 6.66. The van der Waals surface area contributed by atoms with Crippen LogP contribution in [-0.4, -0.2) is 22.1 Å². The molecule has 0 fully saturated rings. The zero-order chi connectivity index (χ0) is 11.3. The molecule has 78 valence electrons. The number of hydrogen-bond acceptors (Lipinski definition) is 3. The molecule has 0 aliphatic carbocycles. The van der Waals surface area contributed by atoms with Gasteiger partial charge in [-0.15, -0.1) is 6.42 Å². The van der Waals surface area contributed by atoms with Crippen LogP contribution in [0.1, 0.15) is 23.0 Å². The first-order valence-corrected chi connectivity index (χ1v) is 4.51. The summed E-state index contributed by atoms with van der Waals surface area (Å²) in [7, 11) is 0. The minimum absolute atomic E-state index is 0.0553. The molecule has 0 amide bonds. The average Bonchev–Trinajstić information content (AvgIpc) is 2.26. The third-order valence-electron chi connectivity index (χ3n) is 1.90. The summed E-state index contributed by atoms with van der Waals surface area (Å²) in [6.45, 7) is 2.31. The Morgan fingerprint density at radius 3 is 3.13 bits per heavy atom. The Hall–Kier alpha value is -1.86. The van der Waals surface area contributed by atoms with Crippen molar-refractivity contribution >= 4 is 5.97 Å². The van der Waals surface area contributed by atoms with Crippen molar-refractivity contribution in [2.75, 3.05) is 0 Å². The molecule has 1 unspecified atom stereocenters. The standard InChI is InChI=1S/C11H12N2O2/c1-3-8(2)13-7-10-6-9(11(14)15)4-5-12-10/h1,4-6,8,13H,7H2,2H3,(H,14,15). The molecule has 0 aliphatic heterocycles. The number of carbonyl (C=O) groups is 1. The van der Waals surface area contributed by atoms with Crippen LogP contribution >= 0.6 is 0 Å². The summed E-state index contributed by atoms with van der Waals surface area (Å²) < 4.78 is 0. The van der Waals surface area contributed by atoms with Crippen LogP contribution in [0.15, 0.2) is 18.3 Å². The lowest BCUT2D eigenvalue weighted by Gasteiger charge is -2.06. The molecule has 0 aliphatic rings. The molecule has 4 heteroatoms. The van der Waals surface area contributed by atoms with Gasteiger partial charge >= 0.3 is 5.97 Å². The van der Waals surface area contributed by atoms with Gasteiger partial charge in [-0.2, -0.15) is 0 Å². The van der Waals surface area contributed by atoms with E-state index >= 15 is 0 Å². The number of carboxylic acids is 1. The van der Waals surface area contributed by atoms with Crippen LogP contribution < -0.4 is 5.32 Å². The predicted molar refractivity (Wildman–Crippen MR) is 56.3 cm³/mol. The number of nitrogens with zero attached hydrogens (tertiary/aromatic N) is 1. The van der Waals surface area contributed by atoms with Crippen LogP contribution in [0, 0.1) is 12.3 Å². The zero-order valence-corrected chi connectivity index (χ0v) is 8.40. The first-order valence-electron chi connectivity index (χ1n) is 4.51. The van der Waals surface area contributed by atoms with Gasteiger partial charge in [-0.3, -0.25) is 10.3 Å². The number of rotatable bonds is 4. The maximum atomic E-state index is 10.7. The first kappa shape index (κ1) is 11.2. The van der Waals surface area contributed by atoms with Crippen molar-refractivity contribution in [3.63, 3.8) is 0 Å². The van der Waals surface area contributed by atoms with Gasteiger partial charge in [0.25, 0.3) is 0 Å². The van der Waals surface area contributed by atoms with Crippen molar-refractivity contribution < 1.29 is 9.90 Å². The highest BCUT2D eigenvalue weighted by atomic mass is 16.4. The van der Waals surface area contributed by atoms with E-state index in [1.54, 1.807) is 0 Å². The number of aromatic carboxylic acids is 1. The zero-order valence-electron chi connectivity index (χ0n) is 8.40. The monoisotopic (exact) mass is 204 g/mol. The molecule has 0 aromatic carbocycles. The fourth-order valence-corrected chi connectivity index (χ4v) is 1.02. The lowest BCUT2D eigenvalue weighted by atomic mass is 10.2. The molecular weight excluding hydrogens is 192 g/mol. The number of aromatic nitrogens is 1. The van der Waals surface area contributed by atoms with E-state index < -0.39 is 5.97 Å². The maximum absolute atomic E-state index is 10.7. The summed E-state index contributed by atoms with van der Waals surface area (Å²) in [5, 5.41) is 11.8. The summed E-state index contributed by atoms with van der Waals surface area (Å²) in [4.78, 5) is 14.7. The van der Waals surface area contributed by atoms with Crippen molar-refractivity contribution in [2.45, 2.75) is 19.5 Å². The molecule has 1 aromatic rings. The molecule has 15 heavy (non-hydrogen) atoms. The van der Waals surface area contributed by atoms with Crippen LogP contribution in [0.25, 0.3) is 0 Å². The van der Waals surface area contributed by atoms with E-state index in [1.807, 2.05) is 6.92 Å². The molecule has 0 saturated heterocycles. The quantitative estimate of drug-likeness (QED) is 0.715. The molecule has 0 radical (unpaired) electrons. The summed E-state index contributed by atoms with van der Waals surface area (Å²) >= 11 is 0. The van der Waals surface area contributed by atoms with Gasteiger partial charge in [-0.1, -0.05) is 5.92 Å². The van der Waals surface area contributed by atoms with E-state index in [0.29, 0.717) is 12.2 Å². The van der Waals surface area contributed by atoms with Crippen LogP contribution in [0.2, 0.25) is 0 Å². The van der Waals surface area contributed by atoms with Gasteiger partial charge in [-0.25, -0.2) is 4.79 Å². The van der Waals surface area contributed by atoms with Gasteiger partial charge < -0.3 is 5.11 Å². The molecule has 0 spiro atoms. The minimum Gasteiger partial charge on any atom is -0.478 e. The largest absolute Gasteiger partial charge is 0.478 e. The van der Waals surface area contributed by atoms with Gasteiger partial charge in [0.15, 0.2) is 0 Å². The molecule has 2 N–H and O–H groups in total. The normalized spacial score (nSPS) is 11.7. The van der Waals surface area contributed by atoms with E-state index in [1.165, 1.54) is 18.3 Å². The number of hydrogen-bond donors (Lipinski definition) is 2. The van der Waals surface area contributed by atoms with E-state index in [2.05, 4.69) is 16.2 Å². The Morgan fingerprint density at radius 1 is 1.80 bits per heavy atom. The van der Waals surface area contributed by atoms with Crippen molar-refractivity contribution in [1.29, 1.82) is 0 Å². The van der Waals surface area contributed by atoms with Gasteiger partial charge in [0.1, 0.15) is 0 Å². The van der Waals surface area contributed by atoms with E-state index in [0.717, 1.165) is 0 Å². The summed E-state index contributed by atoms with van der Waals surface area (Å²) in [6, 6.07) is 2.93. The molecule has 4 nitrogen and oxygen atoms in total. The van der Waals surface area contributed by atoms with Crippen LogP contribution in [-0.2, 0) is 6.54 Å². The van der Waals surface area contributed by atoms with Crippen molar-refractivity contribution in [2.24, 2.45) is 0 Å². The number of nitrogens with one attached hydrogen (secondary N) is 1. The second-order valence-corrected chi connectivity index (χ2v) is 3.11. The smallest absolute Gasteiger partial charge is 0.335 e. The highest BCUT2D eigenvalue weighted by molar-refractivity contribution is 5.87. The summed E-state index contributed by atoms with van der Waals surface area (Å²) in [5.74, 6) is 1.56. The van der Waals surface area contributed by atoms with E-state index in [-0.39, 0.29) is 11.6 Å². The third-order valence-corrected chi connectivity index (χ3v) is 1.90. The van der Waals surface area contributed by atoms with Crippen molar-refractivity contribution in [3.05, 3.63) is 29.6 Å². The van der Waals surface area contributed by atoms with E-state index in [9.17, 15) is 4.79 Å². The van der Waals surface area contributed by atoms with Gasteiger partial charge in [-0.05, 0) is 19.1 Å². The Morgan fingerprint density at radius 2 is 2.53 bits per heavy atom. The maximum Gasteiger partial charge on any atom is 0.335 e. The van der Waals surface area contributed by atoms with Crippen LogP contribution in [0.4, 0.5) is 0 Å². The third kappa shape index (κ3) is 3.41. The Kier molecular flexibility index (Phi) is 3.83. The number of pyridine rings is 1. The topological polar surface area (TPSA) is 62.2 Å². The molecule has 0 bridgehead atoms. The summed E-state index contributed by atoms with van der Waals surface area (Å²) in [5.41, 5.74) is 0.896. The molecule has 1 rings (SSSR count). The SMILES string of the molecule is C#CC(C)NCc1cc(C(=O)O)ccn1.